The highest BCUT2D eigenvalue weighted by molar-refractivity contribution is 5.90. The Kier molecular flexibility index (Phi) is 10.1. The molecule has 0 spiro atoms. The van der Waals surface area contributed by atoms with Crippen LogP contribution in [0, 0.1) is 11.7 Å². The number of halogens is 1. The molecule has 1 fully saturated rings. The van der Waals surface area contributed by atoms with E-state index in [4.69, 9.17) is 4.74 Å². The third-order valence-electron chi connectivity index (χ3n) is 7.63. The highest BCUT2D eigenvalue weighted by Gasteiger charge is 2.24. The van der Waals surface area contributed by atoms with Gasteiger partial charge in [0.25, 0.3) is 0 Å². The molecule has 38 heavy (non-hydrogen) atoms. The van der Waals surface area contributed by atoms with Crippen molar-refractivity contribution < 1.29 is 13.9 Å². The normalized spacial score (nSPS) is 18.6. The van der Waals surface area contributed by atoms with Crippen LogP contribution in [0.1, 0.15) is 90.9 Å². The number of carbonyl (C=O) groups excluding carboxylic acids is 1. The second-order valence-corrected chi connectivity index (χ2v) is 10.5. The molecule has 0 aromatic heterocycles. The van der Waals surface area contributed by atoms with E-state index in [-0.39, 0.29) is 11.7 Å². The number of benzene rings is 3. The molecule has 0 aliphatic heterocycles. The second-order valence-electron chi connectivity index (χ2n) is 10.5. The summed E-state index contributed by atoms with van der Waals surface area (Å²) in [6, 6.07) is 23.5. The van der Waals surface area contributed by atoms with E-state index in [9.17, 15) is 9.18 Å². The first-order chi connectivity index (χ1) is 18.5. The maximum Gasteiger partial charge on any atom is 0.338 e. The zero-order valence-electron chi connectivity index (χ0n) is 22.6. The molecule has 1 atom stereocenters. The monoisotopic (exact) mass is 510 g/mol. The predicted molar refractivity (Wildman–Crippen MR) is 156 cm³/mol. The van der Waals surface area contributed by atoms with Crippen LogP contribution in [0.2, 0.25) is 0 Å². The third kappa shape index (κ3) is 8.02. The lowest BCUT2D eigenvalue weighted by atomic mass is 9.84. The molecule has 0 heterocycles. The number of allylic oxidation sites excluding steroid dienone is 2. The number of rotatable bonds is 10. The van der Waals surface area contributed by atoms with Gasteiger partial charge >= 0.3 is 5.97 Å². The molecular formula is C35H39FO2. The lowest BCUT2D eigenvalue weighted by molar-refractivity contribution is 0.0162. The van der Waals surface area contributed by atoms with Crippen molar-refractivity contribution in [1.29, 1.82) is 0 Å². The van der Waals surface area contributed by atoms with Crippen molar-refractivity contribution in [2.24, 2.45) is 5.92 Å². The smallest absolute Gasteiger partial charge is 0.338 e. The maximum absolute atomic E-state index is 14.8. The van der Waals surface area contributed by atoms with Gasteiger partial charge in [0.1, 0.15) is 11.9 Å². The summed E-state index contributed by atoms with van der Waals surface area (Å²) >= 11 is 0. The van der Waals surface area contributed by atoms with Gasteiger partial charge in [-0.1, -0.05) is 91.9 Å². The summed E-state index contributed by atoms with van der Waals surface area (Å²) in [7, 11) is 0. The Morgan fingerprint density at radius 2 is 1.71 bits per heavy atom. The minimum absolute atomic E-state index is 0.0678. The quantitative estimate of drug-likeness (QED) is 0.154. The van der Waals surface area contributed by atoms with Crippen molar-refractivity contribution in [1.82, 2.24) is 0 Å². The fraction of sp³-hybridized carbons (Fsp3) is 0.343. The lowest BCUT2D eigenvalue weighted by Crippen LogP contribution is -2.24. The molecule has 0 N–H and O–H groups in total. The van der Waals surface area contributed by atoms with Gasteiger partial charge in [0.05, 0.1) is 5.56 Å². The SMILES string of the molecule is CC=CCCC1CCC(OC(=O)c2ccc(C=Cc3ccc(C[C@H](C)c4ccccc4)cc3)c(F)c2)CC1. The van der Waals surface area contributed by atoms with Crippen LogP contribution in [-0.4, -0.2) is 12.1 Å². The Labute approximate surface area is 227 Å². The average Bonchev–Trinajstić information content (AvgIpc) is 2.94. The van der Waals surface area contributed by atoms with Gasteiger partial charge in [-0.25, -0.2) is 9.18 Å². The van der Waals surface area contributed by atoms with Crippen LogP contribution < -0.4 is 0 Å². The number of hydrogen-bond donors (Lipinski definition) is 0. The summed E-state index contributed by atoms with van der Waals surface area (Å²) < 4.78 is 20.5. The molecule has 0 unspecified atom stereocenters. The van der Waals surface area contributed by atoms with E-state index in [0.717, 1.165) is 44.1 Å². The molecule has 0 bridgehead atoms. The summed E-state index contributed by atoms with van der Waals surface area (Å²) in [5.74, 6) is 0.299. The molecule has 0 amide bonds. The molecule has 198 valence electrons. The number of esters is 1. The summed E-state index contributed by atoms with van der Waals surface area (Å²) in [5.41, 5.74) is 4.33. The van der Waals surface area contributed by atoms with Gasteiger partial charge in [0.15, 0.2) is 0 Å². The first kappa shape index (κ1) is 27.6. The highest BCUT2D eigenvalue weighted by Crippen LogP contribution is 2.30. The van der Waals surface area contributed by atoms with Crippen molar-refractivity contribution in [3.8, 4) is 0 Å². The minimum atomic E-state index is -0.433. The summed E-state index contributed by atoms with van der Waals surface area (Å²) in [5, 5.41) is 0. The van der Waals surface area contributed by atoms with Crippen molar-refractivity contribution in [2.45, 2.75) is 70.8 Å². The first-order valence-corrected chi connectivity index (χ1v) is 14.0. The van der Waals surface area contributed by atoms with Gasteiger partial charge in [-0.15, -0.1) is 0 Å². The first-order valence-electron chi connectivity index (χ1n) is 14.0. The predicted octanol–water partition coefficient (Wildman–Crippen LogP) is 9.41. The van der Waals surface area contributed by atoms with Crippen LogP contribution in [0.3, 0.4) is 0 Å². The van der Waals surface area contributed by atoms with Crippen molar-refractivity contribution >= 4 is 18.1 Å². The van der Waals surface area contributed by atoms with E-state index in [1.165, 1.54) is 23.6 Å². The Morgan fingerprint density at radius 3 is 2.39 bits per heavy atom. The van der Waals surface area contributed by atoms with Gasteiger partial charge in [-0.05, 0) is 92.5 Å². The number of hydrogen-bond acceptors (Lipinski definition) is 2. The topological polar surface area (TPSA) is 26.3 Å². The number of ether oxygens (including phenoxy) is 1. The molecule has 1 saturated carbocycles. The largest absolute Gasteiger partial charge is 0.459 e. The average molecular weight is 511 g/mol. The fourth-order valence-corrected chi connectivity index (χ4v) is 5.25. The standard InChI is InChI=1S/C35H39FO2/c1-3-4-6-9-27-17-22-33(23-18-27)38-35(37)32-21-20-31(34(36)25-32)19-16-28-12-14-29(15-13-28)24-26(2)30-10-7-5-8-11-30/h3-5,7-8,10-16,19-21,25-27,33H,6,9,17-18,22-24H2,1-2H3/t26-,27?,33?/m0/s1. The molecule has 3 heteroatoms. The molecule has 4 rings (SSSR count). The molecular weight excluding hydrogens is 471 g/mol. The van der Waals surface area contributed by atoms with Crippen LogP contribution in [0.4, 0.5) is 4.39 Å². The van der Waals surface area contributed by atoms with Gasteiger partial charge < -0.3 is 4.74 Å². The minimum Gasteiger partial charge on any atom is -0.459 e. The maximum atomic E-state index is 14.8. The van der Waals surface area contributed by atoms with Gasteiger partial charge in [0.2, 0.25) is 0 Å². The van der Waals surface area contributed by atoms with Crippen LogP contribution in [0.5, 0.6) is 0 Å². The van der Waals surface area contributed by atoms with Crippen LogP contribution in [0.15, 0.2) is 84.9 Å². The number of carbonyl (C=O) groups is 1. The summed E-state index contributed by atoms with van der Waals surface area (Å²) in [4.78, 5) is 12.6. The van der Waals surface area contributed by atoms with E-state index in [1.807, 2.05) is 12.1 Å². The van der Waals surface area contributed by atoms with Crippen molar-refractivity contribution in [2.75, 3.05) is 0 Å². The van der Waals surface area contributed by atoms with Crippen molar-refractivity contribution in [3.05, 3.63) is 119 Å². The molecule has 2 nitrogen and oxygen atoms in total. The third-order valence-corrected chi connectivity index (χ3v) is 7.63. The van der Waals surface area contributed by atoms with Crippen molar-refractivity contribution in [3.63, 3.8) is 0 Å². The van der Waals surface area contributed by atoms with Crippen LogP contribution in [-0.2, 0) is 11.2 Å². The lowest BCUT2D eigenvalue weighted by Gasteiger charge is -2.28. The molecule has 0 radical (unpaired) electrons. The van der Waals surface area contributed by atoms with E-state index < -0.39 is 11.8 Å². The summed E-state index contributed by atoms with van der Waals surface area (Å²) in [6.45, 7) is 4.29. The highest BCUT2D eigenvalue weighted by atomic mass is 19.1. The molecule has 1 aliphatic rings. The zero-order chi connectivity index (χ0) is 26.7. The van der Waals surface area contributed by atoms with E-state index in [1.54, 1.807) is 18.2 Å². The fourth-order valence-electron chi connectivity index (χ4n) is 5.25. The summed E-state index contributed by atoms with van der Waals surface area (Å²) in [6.07, 6.45) is 15.1. The van der Waals surface area contributed by atoms with Gasteiger partial charge in [-0.2, -0.15) is 0 Å². The van der Waals surface area contributed by atoms with Crippen LogP contribution >= 0.6 is 0 Å². The van der Waals surface area contributed by atoms with E-state index >= 15 is 0 Å². The van der Waals surface area contributed by atoms with E-state index in [0.29, 0.717) is 17.4 Å². The molecule has 3 aromatic rings. The molecule has 1 aliphatic carbocycles. The second kappa shape index (κ2) is 13.9. The molecule has 0 saturated heterocycles. The van der Waals surface area contributed by atoms with Gasteiger partial charge in [-0.3, -0.25) is 0 Å². The van der Waals surface area contributed by atoms with Gasteiger partial charge in [0, 0.05) is 5.56 Å². The zero-order valence-corrected chi connectivity index (χ0v) is 22.6. The Morgan fingerprint density at radius 1 is 0.974 bits per heavy atom. The Hall–Kier alpha value is -3.46. The Bertz CT molecular complexity index is 1220. The van der Waals surface area contributed by atoms with E-state index in [2.05, 4.69) is 74.5 Å². The molecule has 3 aromatic carbocycles. The Balaban J connectivity index is 1.28. The van der Waals surface area contributed by atoms with Crippen LogP contribution in [0.25, 0.3) is 12.2 Å².